The quantitative estimate of drug-likeness (QED) is 0.872. The van der Waals surface area contributed by atoms with Crippen LogP contribution in [0.5, 0.6) is 0 Å². The molecule has 1 heterocycles. The molecule has 1 aliphatic heterocycles. The van der Waals surface area contributed by atoms with Crippen molar-refractivity contribution >= 4 is 11.4 Å². The predicted octanol–water partition coefficient (Wildman–Crippen LogP) is 4.42. The molecule has 2 aromatic rings. The Morgan fingerprint density at radius 3 is 2.81 bits per heavy atom. The van der Waals surface area contributed by atoms with Gasteiger partial charge in [-0.15, -0.1) is 0 Å². The zero-order valence-electron chi connectivity index (χ0n) is 13.0. The molecule has 1 N–H and O–H groups in total. The third-order valence-electron chi connectivity index (χ3n) is 4.44. The zero-order chi connectivity index (χ0) is 14.7. The number of benzene rings is 2. The van der Waals surface area contributed by atoms with E-state index in [1.165, 1.54) is 28.9 Å². The summed E-state index contributed by atoms with van der Waals surface area (Å²) in [5.41, 5.74) is 5.48. The van der Waals surface area contributed by atoms with Crippen molar-refractivity contribution in [3.63, 3.8) is 0 Å². The SMILES string of the molecule is CCN(CCC1CNc2ccccc21)c1cccc(C)c1. The number of para-hydroxylation sites is 1. The van der Waals surface area contributed by atoms with Gasteiger partial charge in [-0.3, -0.25) is 0 Å². The van der Waals surface area contributed by atoms with E-state index >= 15 is 0 Å². The number of hydrogen-bond acceptors (Lipinski definition) is 2. The maximum Gasteiger partial charge on any atom is 0.0376 e. The van der Waals surface area contributed by atoms with Gasteiger partial charge < -0.3 is 10.2 Å². The maximum atomic E-state index is 3.52. The van der Waals surface area contributed by atoms with Crippen LogP contribution in [0.4, 0.5) is 11.4 Å². The zero-order valence-corrected chi connectivity index (χ0v) is 13.0. The van der Waals surface area contributed by atoms with Crippen LogP contribution in [0.2, 0.25) is 0 Å². The van der Waals surface area contributed by atoms with Crippen LogP contribution in [0.15, 0.2) is 48.5 Å². The normalized spacial score (nSPS) is 16.4. The van der Waals surface area contributed by atoms with Crippen molar-refractivity contribution in [3.05, 3.63) is 59.7 Å². The van der Waals surface area contributed by atoms with Crippen molar-refractivity contribution in [1.29, 1.82) is 0 Å². The Bertz CT molecular complexity index is 606. The molecule has 1 unspecified atom stereocenters. The summed E-state index contributed by atoms with van der Waals surface area (Å²) in [5, 5.41) is 3.52. The van der Waals surface area contributed by atoms with Gasteiger partial charge in [0.1, 0.15) is 0 Å². The first-order valence-corrected chi connectivity index (χ1v) is 7.92. The Morgan fingerprint density at radius 1 is 1.14 bits per heavy atom. The van der Waals surface area contributed by atoms with Gasteiger partial charge in [-0.1, -0.05) is 30.3 Å². The van der Waals surface area contributed by atoms with Gasteiger partial charge in [-0.05, 0) is 49.6 Å². The second kappa shape index (κ2) is 6.21. The Balaban J connectivity index is 1.67. The fourth-order valence-corrected chi connectivity index (χ4v) is 3.22. The summed E-state index contributed by atoms with van der Waals surface area (Å²) in [5.74, 6) is 0.639. The minimum atomic E-state index is 0.639. The Kier molecular flexibility index (Phi) is 4.14. The standard InChI is InChI=1S/C19H24N2/c1-3-21(17-8-6-7-15(2)13-17)12-11-16-14-20-19-10-5-4-9-18(16)19/h4-10,13,16,20H,3,11-12,14H2,1-2H3. The minimum absolute atomic E-state index is 0.639. The molecule has 2 heteroatoms. The Labute approximate surface area is 127 Å². The summed E-state index contributed by atoms with van der Waals surface area (Å²) < 4.78 is 0. The lowest BCUT2D eigenvalue weighted by Crippen LogP contribution is -2.25. The molecule has 0 radical (unpaired) electrons. The average molecular weight is 280 g/mol. The van der Waals surface area contributed by atoms with Gasteiger partial charge in [0.05, 0.1) is 0 Å². The van der Waals surface area contributed by atoms with Crippen LogP contribution in [0.3, 0.4) is 0 Å². The highest BCUT2D eigenvalue weighted by Crippen LogP contribution is 2.33. The molecule has 2 nitrogen and oxygen atoms in total. The summed E-state index contributed by atoms with van der Waals surface area (Å²) in [6.07, 6.45) is 1.20. The minimum Gasteiger partial charge on any atom is -0.384 e. The summed E-state index contributed by atoms with van der Waals surface area (Å²) in [4.78, 5) is 2.48. The van der Waals surface area contributed by atoms with Crippen LogP contribution in [0, 0.1) is 6.92 Å². The smallest absolute Gasteiger partial charge is 0.0376 e. The molecule has 0 amide bonds. The number of hydrogen-bond donors (Lipinski definition) is 1. The fraction of sp³-hybridized carbons (Fsp3) is 0.368. The Hall–Kier alpha value is -1.96. The third-order valence-corrected chi connectivity index (χ3v) is 4.44. The number of anilines is 2. The van der Waals surface area contributed by atoms with Crippen LogP contribution < -0.4 is 10.2 Å². The van der Waals surface area contributed by atoms with E-state index in [4.69, 9.17) is 0 Å². The topological polar surface area (TPSA) is 15.3 Å². The second-order valence-corrected chi connectivity index (χ2v) is 5.87. The second-order valence-electron chi connectivity index (χ2n) is 5.87. The maximum absolute atomic E-state index is 3.52. The van der Waals surface area contributed by atoms with Gasteiger partial charge in [0, 0.05) is 36.9 Å². The van der Waals surface area contributed by atoms with Crippen LogP contribution in [0.1, 0.15) is 30.4 Å². The highest BCUT2D eigenvalue weighted by atomic mass is 15.1. The van der Waals surface area contributed by atoms with E-state index in [2.05, 4.69) is 72.6 Å². The number of rotatable bonds is 5. The Morgan fingerprint density at radius 2 is 2.00 bits per heavy atom. The molecule has 110 valence electrons. The van der Waals surface area contributed by atoms with Crippen LogP contribution in [-0.4, -0.2) is 19.6 Å². The number of nitrogens with one attached hydrogen (secondary N) is 1. The first kappa shape index (κ1) is 14.0. The average Bonchev–Trinajstić information content (AvgIpc) is 2.91. The van der Waals surface area contributed by atoms with E-state index in [1.807, 2.05) is 0 Å². The van der Waals surface area contributed by atoms with Crippen molar-refractivity contribution in [2.75, 3.05) is 29.9 Å². The van der Waals surface area contributed by atoms with Gasteiger partial charge in [0.25, 0.3) is 0 Å². The third kappa shape index (κ3) is 3.05. The molecule has 21 heavy (non-hydrogen) atoms. The molecule has 0 bridgehead atoms. The van der Waals surface area contributed by atoms with Crippen molar-refractivity contribution in [2.24, 2.45) is 0 Å². The summed E-state index contributed by atoms with van der Waals surface area (Å²) in [7, 11) is 0. The van der Waals surface area contributed by atoms with E-state index in [0.717, 1.165) is 19.6 Å². The summed E-state index contributed by atoms with van der Waals surface area (Å²) in [6.45, 7) is 7.65. The van der Waals surface area contributed by atoms with Crippen LogP contribution >= 0.6 is 0 Å². The van der Waals surface area contributed by atoms with E-state index in [0.29, 0.717) is 5.92 Å². The van der Waals surface area contributed by atoms with E-state index in [-0.39, 0.29) is 0 Å². The monoisotopic (exact) mass is 280 g/mol. The molecule has 1 atom stereocenters. The van der Waals surface area contributed by atoms with Gasteiger partial charge in [0.15, 0.2) is 0 Å². The lowest BCUT2D eigenvalue weighted by Gasteiger charge is -2.25. The van der Waals surface area contributed by atoms with Gasteiger partial charge in [-0.2, -0.15) is 0 Å². The number of nitrogens with zero attached hydrogens (tertiary/aromatic N) is 1. The van der Waals surface area contributed by atoms with Crippen LogP contribution in [0.25, 0.3) is 0 Å². The van der Waals surface area contributed by atoms with Crippen molar-refractivity contribution in [3.8, 4) is 0 Å². The first-order valence-electron chi connectivity index (χ1n) is 7.92. The van der Waals surface area contributed by atoms with E-state index in [9.17, 15) is 0 Å². The lowest BCUT2D eigenvalue weighted by molar-refractivity contribution is 0.651. The van der Waals surface area contributed by atoms with Gasteiger partial charge in [-0.25, -0.2) is 0 Å². The lowest BCUT2D eigenvalue weighted by atomic mass is 9.97. The predicted molar refractivity (Wildman–Crippen MR) is 91.4 cm³/mol. The highest BCUT2D eigenvalue weighted by molar-refractivity contribution is 5.57. The summed E-state index contributed by atoms with van der Waals surface area (Å²) >= 11 is 0. The molecule has 0 spiro atoms. The first-order chi connectivity index (χ1) is 10.3. The molecule has 0 fully saturated rings. The van der Waals surface area contributed by atoms with Crippen LogP contribution in [-0.2, 0) is 0 Å². The summed E-state index contributed by atoms with van der Waals surface area (Å²) in [6, 6.07) is 17.5. The molecule has 0 aromatic heterocycles. The largest absolute Gasteiger partial charge is 0.384 e. The molecule has 3 rings (SSSR count). The molecule has 0 saturated carbocycles. The molecule has 0 aliphatic carbocycles. The van der Waals surface area contributed by atoms with Gasteiger partial charge in [0.2, 0.25) is 0 Å². The van der Waals surface area contributed by atoms with Gasteiger partial charge >= 0.3 is 0 Å². The number of fused-ring (bicyclic) bond motifs is 1. The number of aryl methyl sites for hydroxylation is 1. The molecular formula is C19H24N2. The van der Waals surface area contributed by atoms with Crippen molar-refractivity contribution < 1.29 is 0 Å². The molecular weight excluding hydrogens is 256 g/mol. The van der Waals surface area contributed by atoms with E-state index < -0.39 is 0 Å². The fourth-order valence-electron chi connectivity index (χ4n) is 3.22. The highest BCUT2D eigenvalue weighted by Gasteiger charge is 2.21. The molecule has 0 saturated heterocycles. The van der Waals surface area contributed by atoms with E-state index in [1.54, 1.807) is 0 Å². The molecule has 1 aliphatic rings. The van der Waals surface area contributed by atoms with Crippen molar-refractivity contribution in [2.45, 2.75) is 26.2 Å². The molecule has 2 aromatic carbocycles. The van der Waals surface area contributed by atoms with Crippen molar-refractivity contribution in [1.82, 2.24) is 0 Å².